The number of carboxylic acid groups (broad SMARTS) is 1. The van der Waals surface area contributed by atoms with Crippen LogP contribution < -0.4 is 27.0 Å². The van der Waals surface area contributed by atoms with Crippen LogP contribution in [0.1, 0.15) is 52.7 Å². The lowest BCUT2D eigenvalue weighted by molar-refractivity contribution is -0.143. The highest BCUT2D eigenvalue weighted by Crippen LogP contribution is 2.10. The fourth-order valence-electron chi connectivity index (χ4n) is 4.30. The second-order valence-corrected chi connectivity index (χ2v) is 13.5. The average molecular weight is 733 g/mol. The first kappa shape index (κ1) is 45.3. The molecule has 7 N–H and O–H groups in total. The number of methoxy groups -OCH3 is 2. The van der Waals surface area contributed by atoms with Crippen molar-refractivity contribution < 1.29 is 48.0 Å². The van der Waals surface area contributed by atoms with E-state index in [1.54, 1.807) is 41.5 Å². The quantitative estimate of drug-likeness (QED) is 0.136. The number of carboxylic acids is 1. The van der Waals surface area contributed by atoms with Crippen molar-refractivity contribution in [2.24, 2.45) is 5.73 Å². The number of benzene rings is 2. The lowest BCUT2D eigenvalue weighted by atomic mass is 10.2. The summed E-state index contributed by atoms with van der Waals surface area (Å²) in [6, 6.07) is 17.9. The number of nitrogens with one attached hydrogen (secondary N) is 4. The van der Waals surface area contributed by atoms with Gasteiger partial charge in [-0.3, -0.25) is 15.0 Å². The number of nitrogens with zero attached hydrogens (tertiary/aromatic N) is 1. The van der Waals surface area contributed by atoms with Gasteiger partial charge in [0.25, 0.3) is 0 Å². The van der Waals surface area contributed by atoms with Gasteiger partial charge in [0.05, 0.1) is 14.2 Å². The van der Waals surface area contributed by atoms with Gasteiger partial charge in [0, 0.05) is 39.4 Å². The van der Waals surface area contributed by atoms with Crippen molar-refractivity contribution >= 4 is 30.1 Å². The van der Waals surface area contributed by atoms with E-state index in [9.17, 15) is 24.0 Å². The van der Waals surface area contributed by atoms with E-state index >= 15 is 0 Å². The van der Waals surface area contributed by atoms with Crippen molar-refractivity contribution in [1.29, 1.82) is 0 Å². The SMILES string of the molecule is CC(C)(C)OC(=O)N[C@@H](CN)C(=O)O.COC(=O)[C@@H]1CN(Cc2ccccc2)CN1.COC(=O)[C@H](CNCc1ccccc1)NC(=O)OC(C)(C)C. The average Bonchev–Trinajstić information content (AvgIpc) is 3.54. The summed E-state index contributed by atoms with van der Waals surface area (Å²) >= 11 is 0. The predicted octanol–water partition coefficient (Wildman–Crippen LogP) is 2.36. The first-order valence-corrected chi connectivity index (χ1v) is 16.7. The molecule has 0 radical (unpaired) electrons. The van der Waals surface area contributed by atoms with E-state index in [4.69, 9.17) is 29.8 Å². The lowest BCUT2D eigenvalue weighted by Gasteiger charge is -2.22. The zero-order valence-corrected chi connectivity index (χ0v) is 31.4. The predicted molar refractivity (Wildman–Crippen MR) is 194 cm³/mol. The molecule has 0 aliphatic carbocycles. The van der Waals surface area contributed by atoms with Crippen molar-refractivity contribution in [3.63, 3.8) is 0 Å². The Morgan fingerprint density at radius 2 is 1.33 bits per heavy atom. The summed E-state index contributed by atoms with van der Waals surface area (Å²) in [5, 5.41) is 19.5. The van der Waals surface area contributed by atoms with Crippen LogP contribution in [0.3, 0.4) is 0 Å². The first-order valence-electron chi connectivity index (χ1n) is 16.7. The molecular formula is C36H56N6O10. The smallest absolute Gasteiger partial charge is 0.408 e. The minimum absolute atomic E-state index is 0.172. The summed E-state index contributed by atoms with van der Waals surface area (Å²) in [5.41, 5.74) is 6.21. The van der Waals surface area contributed by atoms with E-state index in [0.717, 1.165) is 18.8 Å². The summed E-state index contributed by atoms with van der Waals surface area (Å²) in [6.45, 7) is 13.3. The number of hydrogen-bond donors (Lipinski definition) is 6. The molecule has 0 unspecified atom stereocenters. The highest BCUT2D eigenvalue weighted by molar-refractivity contribution is 5.81. The van der Waals surface area contributed by atoms with Gasteiger partial charge in [-0.15, -0.1) is 0 Å². The van der Waals surface area contributed by atoms with Gasteiger partial charge in [-0.2, -0.15) is 0 Å². The van der Waals surface area contributed by atoms with Crippen LogP contribution in [0.25, 0.3) is 0 Å². The third-order valence-electron chi connectivity index (χ3n) is 6.66. The normalized spacial score (nSPS) is 15.2. The number of carbonyl (C=O) groups is 5. The van der Waals surface area contributed by atoms with Crippen LogP contribution in [0.4, 0.5) is 9.59 Å². The molecule has 52 heavy (non-hydrogen) atoms. The zero-order valence-electron chi connectivity index (χ0n) is 31.4. The number of rotatable bonds is 12. The minimum Gasteiger partial charge on any atom is -0.480 e. The van der Waals surface area contributed by atoms with Gasteiger partial charge >= 0.3 is 30.1 Å². The molecule has 0 spiro atoms. The summed E-state index contributed by atoms with van der Waals surface area (Å²) in [4.78, 5) is 58.5. The van der Waals surface area contributed by atoms with Crippen molar-refractivity contribution in [1.82, 2.24) is 26.2 Å². The molecule has 3 atom stereocenters. The maximum absolute atomic E-state index is 11.8. The molecular weight excluding hydrogens is 676 g/mol. The van der Waals surface area contributed by atoms with Gasteiger partial charge in [-0.25, -0.2) is 19.2 Å². The molecule has 16 nitrogen and oxygen atoms in total. The Kier molecular flexibility index (Phi) is 19.9. The Hall–Kier alpha value is -4.77. The highest BCUT2D eigenvalue weighted by atomic mass is 16.6. The summed E-state index contributed by atoms with van der Waals surface area (Å²) in [7, 11) is 2.70. The molecule has 3 rings (SSSR count). The van der Waals surface area contributed by atoms with Crippen LogP contribution in [0.5, 0.6) is 0 Å². The molecule has 0 aromatic heterocycles. The van der Waals surface area contributed by atoms with Gasteiger partial charge < -0.3 is 45.7 Å². The molecule has 2 aromatic carbocycles. The fourth-order valence-corrected chi connectivity index (χ4v) is 4.30. The molecule has 0 saturated carbocycles. The van der Waals surface area contributed by atoms with E-state index < -0.39 is 47.4 Å². The number of alkyl carbamates (subject to hydrolysis) is 2. The van der Waals surface area contributed by atoms with Crippen LogP contribution in [-0.4, -0.2) is 110 Å². The second kappa shape index (κ2) is 22.9. The summed E-state index contributed by atoms with van der Waals surface area (Å²) < 4.78 is 19.4. The molecule has 16 heteroatoms. The Bertz CT molecular complexity index is 1380. The number of aliphatic carboxylic acids is 1. The Labute approximate surface area is 306 Å². The lowest BCUT2D eigenvalue weighted by Crippen LogP contribution is -2.49. The molecule has 0 bridgehead atoms. The monoisotopic (exact) mass is 732 g/mol. The fraction of sp³-hybridized carbons (Fsp3) is 0.528. The number of hydrogen-bond acceptors (Lipinski definition) is 13. The Morgan fingerprint density at radius 1 is 0.827 bits per heavy atom. The number of esters is 2. The van der Waals surface area contributed by atoms with Crippen molar-refractivity contribution in [3.8, 4) is 0 Å². The van der Waals surface area contributed by atoms with Gasteiger partial charge in [-0.05, 0) is 52.7 Å². The largest absolute Gasteiger partial charge is 0.480 e. The third kappa shape index (κ3) is 20.2. The maximum Gasteiger partial charge on any atom is 0.408 e. The van der Waals surface area contributed by atoms with E-state index in [2.05, 4.69) is 38.3 Å². The Morgan fingerprint density at radius 3 is 1.77 bits per heavy atom. The zero-order chi connectivity index (χ0) is 39.3. The number of ether oxygens (including phenoxy) is 4. The summed E-state index contributed by atoms with van der Waals surface area (Å²) in [5.74, 6) is -1.89. The topological polar surface area (TPSA) is 220 Å². The van der Waals surface area contributed by atoms with E-state index in [1.807, 2.05) is 48.5 Å². The summed E-state index contributed by atoms with van der Waals surface area (Å²) in [6.07, 6.45) is -1.43. The molecule has 1 saturated heterocycles. The molecule has 1 fully saturated rings. The molecule has 2 amide bonds. The minimum atomic E-state index is -1.18. The Balaban J connectivity index is 0.000000402. The van der Waals surface area contributed by atoms with E-state index in [-0.39, 0.29) is 25.1 Å². The third-order valence-corrected chi connectivity index (χ3v) is 6.66. The van der Waals surface area contributed by atoms with Crippen LogP contribution in [0.2, 0.25) is 0 Å². The van der Waals surface area contributed by atoms with Crippen LogP contribution >= 0.6 is 0 Å². The maximum atomic E-state index is 11.8. The van der Waals surface area contributed by atoms with Crippen LogP contribution in [0, 0.1) is 0 Å². The van der Waals surface area contributed by atoms with Crippen molar-refractivity contribution in [2.75, 3.05) is 40.5 Å². The standard InChI is InChI=1S/C16H24N2O4.C12H16N2O2.C8H16N2O4/c1-16(2,3)22-15(20)18-13(14(19)21-4)11-17-10-12-8-6-5-7-9-12;1-16-12(15)11-8-14(9-13-11)7-10-5-3-2-4-6-10;1-8(2,3)14-7(13)10-5(4-9)6(11)12/h5-9,13,17H,10-11H2,1-4H3,(H,18,20);2-6,11,13H,7-9H2,1H3;5H,4,9H2,1-3H3,(H,10,13)(H,11,12)/t13-;11-;5-/m000/s1. The molecule has 290 valence electrons. The van der Waals surface area contributed by atoms with E-state index in [0.29, 0.717) is 13.1 Å². The molecule has 1 aliphatic rings. The van der Waals surface area contributed by atoms with Gasteiger partial charge in [-0.1, -0.05) is 60.7 Å². The van der Waals surface area contributed by atoms with Gasteiger partial charge in [0.2, 0.25) is 0 Å². The van der Waals surface area contributed by atoms with Gasteiger partial charge in [0.1, 0.15) is 29.3 Å². The van der Waals surface area contributed by atoms with Crippen LogP contribution in [-0.2, 0) is 46.4 Å². The highest BCUT2D eigenvalue weighted by Gasteiger charge is 2.28. The number of amides is 2. The molecule has 1 heterocycles. The number of nitrogens with two attached hydrogens (primary N) is 1. The first-order chi connectivity index (χ1) is 24.4. The second-order valence-electron chi connectivity index (χ2n) is 13.5. The van der Waals surface area contributed by atoms with Crippen molar-refractivity contribution in [2.45, 2.75) is 84.0 Å². The van der Waals surface area contributed by atoms with Crippen molar-refractivity contribution in [3.05, 3.63) is 71.8 Å². The van der Waals surface area contributed by atoms with E-state index in [1.165, 1.54) is 19.8 Å². The molecule has 1 aliphatic heterocycles. The molecule has 2 aromatic rings. The number of carbonyl (C=O) groups excluding carboxylic acids is 4. The van der Waals surface area contributed by atoms with Crippen LogP contribution in [0.15, 0.2) is 60.7 Å². The van der Waals surface area contributed by atoms with Gasteiger partial charge in [0.15, 0.2) is 0 Å².